The molecule has 150 valence electrons. The van der Waals surface area contributed by atoms with Crippen LogP contribution < -0.4 is 9.47 Å². The third kappa shape index (κ3) is 5.73. The third-order valence-corrected chi connectivity index (χ3v) is 5.45. The first-order chi connectivity index (χ1) is 13.6. The third-order valence-electron chi connectivity index (χ3n) is 5.45. The molecule has 0 heterocycles. The van der Waals surface area contributed by atoms with E-state index >= 15 is 0 Å². The highest BCUT2D eigenvalue weighted by Gasteiger charge is 2.28. The maximum Gasteiger partial charge on any atom is 0.314 e. The Morgan fingerprint density at radius 1 is 1.00 bits per heavy atom. The number of hydrogen-bond acceptors (Lipinski definition) is 5. The van der Waals surface area contributed by atoms with Crippen molar-refractivity contribution in [2.75, 3.05) is 6.61 Å². The van der Waals surface area contributed by atoms with E-state index < -0.39 is 0 Å². The highest BCUT2D eigenvalue weighted by molar-refractivity contribution is 5.77. The lowest BCUT2D eigenvalue weighted by atomic mass is 9.80. The summed E-state index contributed by atoms with van der Waals surface area (Å²) in [5.74, 6) is 0.802. The van der Waals surface area contributed by atoms with Crippen molar-refractivity contribution in [1.82, 2.24) is 0 Å². The molecule has 5 nitrogen and oxygen atoms in total. The van der Waals surface area contributed by atoms with Gasteiger partial charge in [0.05, 0.1) is 12.5 Å². The van der Waals surface area contributed by atoms with Gasteiger partial charge < -0.3 is 9.47 Å². The van der Waals surface area contributed by atoms with Crippen LogP contribution in [-0.4, -0.2) is 12.6 Å². The number of unbranched alkanes of at least 4 members (excludes halogenated alkanes) is 2. The van der Waals surface area contributed by atoms with Gasteiger partial charge in [-0.15, -0.1) is 0 Å². The molecule has 0 radical (unpaired) electrons. The van der Waals surface area contributed by atoms with Crippen LogP contribution in [0, 0.1) is 34.5 Å². The monoisotopic (exact) mass is 382 g/mol. The Balaban J connectivity index is 2.06. The van der Waals surface area contributed by atoms with E-state index in [9.17, 15) is 15.3 Å². The van der Waals surface area contributed by atoms with E-state index in [0.717, 1.165) is 44.9 Å². The molecule has 0 N–H and O–H groups in total. The first kappa shape index (κ1) is 21.8. The first-order valence-electron chi connectivity index (χ1n) is 10.5. The minimum atomic E-state index is -0.299. The number of nitrogens with zero attached hydrogens (tertiary/aromatic N) is 2. The molecule has 2 rings (SSSR count). The van der Waals surface area contributed by atoms with E-state index in [1.54, 1.807) is 12.1 Å². The molecule has 0 aliphatic heterocycles. The van der Waals surface area contributed by atoms with Crippen LogP contribution in [0.4, 0.5) is 0 Å². The van der Waals surface area contributed by atoms with Crippen LogP contribution in [0.5, 0.6) is 11.5 Å². The first-order valence-corrected chi connectivity index (χ1v) is 10.5. The summed E-state index contributed by atoms with van der Waals surface area (Å²) in [5.41, 5.74) is 0.208. The summed E-state index contributed by atoms with van der Waals surface area (Å²) in [6.45, 7) is 4.79. The number of hydrogen-bond donors (Lipinski definition) is 0. The van der Waals surface area contributed by atoms with Crippen LogP contribution >= 0.6 is 0 Å². The van der Waals surface area contributed by atoms with Crippen LogP contribution in [0.2, 0.25) is 0 Å². The van der Waals surface area contributed by atoms with Crippen LogP contribution in [0.25, 0.3) is 0 Å². The summed E-state index contributed by atoms with van der Waals surface area (Å²) in [5, 5.41) is 19.0. The molecule has 5 heteroatoms. The quantitative estimate of drug-likeness (QED) is 0.319. The molecule has 0 amide bonds. The summed E-state index contributed by atoms with van der Waals surface area (Å²) in [4.78, 5) is 12.6. The van der Waals surface area contributed by atoms with Crippen LogP contribution in [-0.2, 0) is 4.79 Å². The topological polar surface area (TPSA) is 83.1 Å². The largest absolute Gasteiger partial charge is 0.492 e. The maximum atomic E-state index is 12.6. The van der Waals surface area contributed by atoms with Gasteiger partial charge >= 0.3 is 5.97 Å². The lowest BCUT2D eigenvalue weighted by Crippen LogP contribution is -2.26. The van der Waals surface area contributed by atoms with Crippen LogP contribution in [0.15, 0.2) is 12.1 Å². The van der Waals surface area contributed by atoms with Crippen molar-refractivity contribution in [3.8, 4) is 23.6 Å². The molecule has 0 spiro atoms. The number of ether oxygens (including phenoxy) is 2. The summed E-state index contributed by atoms with van der Waals surface area (Å²) in [7, 11) is 0. The van der Waals surface area contributed by atoms with Gasteiger partial charge in [-0.3, -0.25) is 4.79 Å². The summed E-state index contributed by atoms with van der Waals surface area (Å²) >= 11 is 0. The molecular weight excluding hydrogens is 352 g/mol. The van der Waals surface area contributed by atoms with Crippen molar-refractivity contribution in [3.63, 3.8) is 0 Å². The second-order valence-corrected chi connectivity index (χ2v) is 7.52. The molecule has 1 fully saturated rings. The molecule has 0 bridgehead atoms. The predicted octanol–water partition coefficient (Wildman–Crippen LogP) is 5.51. The zero-order chi connectivity index (χ0) is 20.4. The fraction of sp³-hybridized carbons (Fsp3) is 0.609. The second kappa shape index (κ2) is 11.3. The number of carbonyl (C=O) groups excluding carboxylic acids is 1. The average molecular weight is 383 g/mol. The van der Waals surface area contributed by atoms with E-state index in [2.05, 4.69) is 13.8 Å². The average Bonchev–Trinajstić information content (AvgIpc) is 2.72. The number of nitriles is 2. The number of rotatable bonds is 9. The van der Waals surface area contributed by atoms with E-state index in [1.807, 2.05) is 12.1 Å². The Bertz CT molecular complexity index is 737. The maximum absolute atomic E-state index is 12.6. The number of esters is 1. The van der Waals surface area contributed by atoms with Crippen LogP contribution in [0.3, 0.4) is 0 Å². The Hall–Kier alpha value is -2.53. The zero-order valence-corrected chi connectivity index (χ0v) is 17.0. The fourth-order valence-electron chi connectivity index (χ4n) is 3.81. The highest BCUT2D eigenvalue weighted by atomic mass is 16.5. The zero-order valence-electron chi connectivity index (χ0n) is 17.0. The normalized spacial score (nSPS) is 18.7. The molecule has 0 unspecified atom stereocenters. The van der Waals surface area contributed by atoms with Gasteiger partial charge in [0.25, 0.3) is 0 Å². The summed E-state index contributed by atoms with van der Waals surface area (Å²) < 4.78 is 11.2. The van der Waals surface area contributed by atoms with Gasteiger partial charge in [-0.2, -0.15) is 10.5 Å². The molecular formula is C23H30N2O3. The Kier molecular flexibility index (Phi) is 8.82. The molecule has 28 heavy (non-hydrogen) atoms. The van der Waals surface area contributed by atoms with Crippen molar-refractivity contribution in [2.24, 2.45) is 11.8 Å². The van der Waals surface area contributed by atoms with Crippen LogP contribution in [0.1, 0.15) is 82.8 Å². The van der Waals surface area contributed by atoms with E-state index in [0.29, 0.717) is 18.3 Å². The van der Waals surface area contributed by atoms with E-state index in [4.69, 9.17) is 9.47 Å². The SMILES string of the molecule is CCCCCOc1ccc(OC(=O)C2CCC(CCC)CC2)c(C#N)c1C#N. The molecule has 0 saturated heterocycles. The highest BCUT2D eigenvalue weighted by Crippen LogP contribution is 2.34. The fourth-order valence-corrected chi connectivity index (χ4v) is 3.81. The van der Waals surface area contributed by atoms with Gasteiger partial charge in [-0.1, -0.05) is 39.5 Å². The molecule has 1 saturated carbocycles. The van der Waals surface area contributed by atoms with Gasteiger partial charge in [-0.05, 0) is 50.2 Å². The van der Waals surface area contributed by atoms with Gasteiger partial charge in [0.2, 0.25) is 0 Å². The Morgan fingerprint density at radius 3 is 2.25 bits per heavy atom. The van der Waals surface area contributed by atoms with Crippen molar-refractivity contribution in [3.05, 3.63) is 23.3 Å². The molecule has 1 aromatic rings. The van der Waals surface area contributed by atoms with Crippen molar-refractivity contribution in [1.29, 1.82) is 10.5 Å². The number of carbonyl (C=O) groups is 1. The Labute approximate surface area is 168 Å². The minimum absolute atomic E-state index is 0.0727. The second-order valence-electron chi connectivity index (χ2n) is 7.52. The molecule has 0 aromatic heterocycles. The predicted molar refractivity (Wildman–Crippen MR) is 107 cm³/mol. The standard InChI is InChI=1S/C23H30N2O3/c1-3-5-6-14-27-21-12-13-22(20(16-25)19(21)15-24)28-23(26)18-10-8-17(7-4-2)9-11-18/h12-13,17-18H,3-11,14H2,1-2H3. The van der Waals surface area contributed by atoms with Crippen molar-refractivity contribution < 1.29 is 14.3 Å². The molecule has 0 atom stereocenters. The lowest BCUT2D eigenvalue weighted by Gasteiger charge is -2.27. The van der Waals surface area contributed by atoms with E-state index in [1.165, 1.54) is 12.8 Å². The lowest BCUT2D eigenvalue weighted by molar-refractivity contribution is -0.140. The Morgan fingerprint density at radius 2 is 1.64 bits per heavy atom. The molecule has 1 aliphatic rings. The van der Waals surface area contributed by atoms with Gasteiger partial charge in [0, 0.05) is 0 Å². The minimum Gasteiger partial charge on any atom is -0.492 e. The van der Waals surface area contributed by atoms with Crippen molar-refractivity contribution >= 4 is 5.97 Å². The summed E-state index contributed by atoms with van der Waals surface area (Å²) in [6.07, 6.45) is 9.15. The molecule has 1 aromatic carbocycles. The van der Waals surface area contributed by atoms with E-state index in [-0.39, 0.29) is 28.8 Å². The van der Waals surface area contributed by atoms with Crippen molar-refractivity contribution in [2.45, 2.75) is 71.6 Å². The molecule has 1 aliphatic carbocycles. The van der Waals surface area contributed by atoms with Gasteiger partial charge in [-0.25, -0.2) is 0 Å². The summed E-state index contributed by atoms with van der Waals surface area (Å²) in [6, 6.07) is 7.22. The number of benzene rings is 1. The van der Waals surface area contributed by atoms with Gasteiger partial charge in [0.15, 0.2) is 0 Å². The smallest absolute Gasteiger partial charge is 0.314 e. The van der Waals surface area contributed by atoms with Gasteiger partial charge in [0.1, 0.15) is 34.8 Å².